The fourth-order valence-electron chi connectivity index (χ4n) is 2.27. The highest BCUT2D eigenvalue weighted by molar-refractivity contribution is 4.75. The van der Waals surface area contributed by atoms with Gasteiger partial charge in [0.15, 0.2) is 0 Å². The molecule has 3 heteroatoms. The normalized spacial score (nSPS) is 19.7. The van der Waals surface area contributed by atoms with Crippen molar-refractivity contribution in [3.8, 4) is 0 Å². The second kappa shape index (κ2) is 8.02. The van der Waals surface area contributed by atoms with E-state index in [1.807, 2.05) is 9.80 Å². The standard InChI is InChI=1S/C13H27FN2/c1-3-5-7-9-15-11-12-16(13(15)14)10-8-6-4-2/h13H,3-12H2,1-2H3. The Kier molecular flexibility index (Phi) is 6.97. The summed E-state index contributed by atoms with van der Waals surface area (Å²) in [4.78, 5) is 3.98. The zero-order valence-corrected chi connectivity index (χ0v) is 10.9. The van der Waals surface area contributed by atoms with Gasteiger partial charge < -0.3 is 0 Å². The molecule has 0 atom stereocenters. The van der Waals surface area contributed by atoms with Crippen molar-refractivity contribution < 1.29 is 4.39 Å². The largest absolute Gasteiger partial charge is 0.260 e. The molecule has 0 bridgehead atoms. The topological polar surface area (TPSA) is 6.48 Å². The average molecular weight is 230 g/mol. The first-order valence-corrected chi connectivity index (χ1v) is 6.91. The molecular formula is C13H27FN2. The molecule has 16 heavy (non-hydrogen) atoms. The van der Waals surface area contributed by atoms with Gasteiger partial charge in [-0.3, -0.25) is 9.80 Å². The monoisotopic (exact) mass is 230 g/mol. The Hall–Kier alpha value is -0.150. The lowest BCUT2D eigenvalue weighted by Gasteiger charge is -2.23. The molecule has 0 N–H and O–H groups in total. The lowest BCUT2D eigenvalue weighted by atomic mass is 10.2. The number of hydrogen-bond acceptors (Lipinski definition) is 2. The maximum absolute atomic E-state index is 14.0. The molecule has 96 valence electrons. The Balaban J connectivity index is 2.16. The summed E-state index contributed by atoms with van der Waals surface area (Å²) in [6.45, 7) is 8.06. The fourth-order valence-corrected chi connectivity index (χ4v) is 2.27. The van der Waals surface area contributed by atoms with Gasteiger partial charge in [-0.05, 0) is 12.8 Å². The van der Waals surface area contributed by atoms with E-state index in [1.165, 1.54) is 25.7 Å². The number of hydrogen-bond donors (Lipinski definition) is 0. The van der Waals surface area contributed by atoms with Crippen LogP contribution in [0, 0.1) is 0 Å². The van der Waals surface area contributed by atoms with Crippen LogP contribution >= 0.6 is 0 Å². The number of nitrogens with zero attached hydrogens (tertiary/aromatic N) is 2. The second-order valence-corrected chi connectivity index (χ2v) is 4.80. The molecule has 1 aliphatic rings. The summed E-state index contributed by atoms with van der Waals surface area (Å²) in [6, 6.07) is 0. The van der Waals surface area contributed by atoms with Gasteiger partial charge in [-0.1, -0.05) is 39.5 Å². The van der Waals surface area contributed by atoms with Crippen LogP contribution < -0.4 is 0 Å². The van der Waals surface area contributed by atoms with Gasteiger partial charge in [0.1, 0.15) is 0 Å². The number of alkyl halides is 1. The van der Waals surface area contributed by atoms with E-state index in [1.54, 1.807) is 0 Å². The van der Waals surface area contributed by atoms with Crippen LogP contribution in [0.2, 0.25) is 0 Å². The molecule has 1 heterocycles. The minimum Gasteiger partial charge on any atom is -0.260 e. The predicted molar refractivity (Wildman–Crippen MR) is 67.1 cm³/mol. The number of rotatable bonds is 8. The van der Waals surface area contributed by atoms with Crippen molar-refractivity contribution >= 4 is 0 Å². The molecule has 1 saturated heterocycles. The highest BCUT2D eigenvalue weighted by Gasteiger charge is 2.30. The third kappa shape index (κ3) is 4.38. The van der Waals surface area contributed by atoms with Gasteiger partial charge >= 0.3 is 0 Å². The van der Waals surface area contributed by atoms with Gasteiger partial charge in [0.2, 0.25) is 6.42 Å². The average Bonchev–Trinajstić information content (AvgIpc) is 2.62. The van der Waals surface area contributed by atoms with E-state index in [0.29, 0.717) is 0 Å². The summed E-state index contributed by atoms with van der Waals surface area (Å²) in [5.74, 6) is 0. The van der Waals surface area contributed by atoms with E-state index < -0.39 is 6.42 Å². The molecule has 1 rings (SSSR count). The van der Waals surface area contributed by atoms with Crippen molar-refractivity contribution in [2.75, 3.05) is 26.2 Å². The van der Waals surface area contributed by atoms with E-state index in [4.69, 9.17) is 0 Å². The molecule has 0 spiro atoms. The first kappa shape index (κ1) is 13.9. The second-order valence-electron chi connectivity index (χ2n) is 4.80. The maximum Gasteiger partial charge on any atom is 0.210 e. The Morgan fingerprint density at radius 1 is 0.875 bits per heavy atom. The van der Waals surface area contributed by atoms with Crippen LogP contribution in [0.4, 0.5) is 4.39 Å². The molecule has 0 aromatic heterocycles. The summed E-state index contributed by atoms with van der Waals surface area (Å²) in [7, 11) is 0. The SMILES string of the molecule is CCCCCN1CCN(CCCCC)C1F. The number of halogens is 1. The Morgan fingerprint density at radius 2 is 1.31 bits per heavy atom. The van der Waals surface area contributed by atoms with Gasteiger partial charge in [-0.2, -0.15) is 0 Å². The zero-order chi connectivity index (χ0) is 11.8. The van der Waals surface area contributed by atoms with Crippen molar-refractivity contribution in [1.82, 2.24) is 9.80 Å². The summed E-state index contributed by atoms with van der Waals surface area (Å²) >= 11 is 0. The van der Waals surface area contributed by atoms with Crippen molar-refractivity contribution in [2.45, 2.75) is 58.8 Å². The molecule has 0 aromatic carbocycles. The molecule has 0 aliphatic carbocycles. The van der Waals surface area contributed by atoms with Crippen molar-refractivity contribution in [2.24, 2.45) is 0 Å². The van der Waals surface area contributed by atoms with Gasteiger partial charge in [0.25, 0.3) is 0 Å². The molecular weight excluding hydrogens is 203 g/mol. The van der Waals surface area contributed by atoms with Gasteiger partial charge in [0, 0.05) is 26.2 Å². The molecule has 0 aromatic rings. The van der Waals surface area contributed by atoms with Crippen LogP contribution in [0.25, 0.3) is 0 Å². The summed E-state index contributed by atoms with van der Waals surface area (Å²) in [5, 5.41) is 0. The molecule has 1 fully saturated rings. The highest BCUT2D eigenvalue weighted by Crippen LogP contribution is 2.17. The zero-order valence-electron chi connectivity index (χ0n) is 10.9. The lowest BCUT2D eigenvalue weighted by molar-refractivity contribution is 0.0156. The summed E-state index contributed by atoms with van der Waals surface area (Å²) in [6.07, 6.45) is 6.34. The smallest absolute Gasteiger partial charge is 0.210 e. The van der Waals surface area contributed by atoms with E-state index >= 15 is 0 Å². The predicted octanol–water partition coefficient (Wildman–Crippen LogP) is 3.24. The molecule has 1 aliphatic heterocycles. The molecule has 0 radical (unpaired) electrons. The Bertz CT molecular complexity index is 157. The van der Waals surface area contributed by atoms with Crippen LogP contribution in [0.1, 0.15) is 52.4 Å². The Labute approximate surface area is 99.8 Å². The summed E-state index contributed by atoms with van der Waals surface area (Å²) < 4.78 is 14.0. The third-order valence-corrected chi connectivity index (χ3v) is 3.37. The van der Waals surface area contributed by atoms with Gasteiger partial charge in [0.05, 0.1) is 0 Å². The molecule has 0 amide bonds. The fraction of sp³-hybridized carbons (Fsp3) is 1.00. The number of unbranched alkanes of at least 4 members (excludes halogenated alkanes) is 4. The van der Waals surface area contributed by atoms with Gasteiger partial charge in [-0.25, -0.2) is 4.39 Å². The minimum atomic E-state index is -0.811. The molecule has 2 nitrogen and oxygen atoms in total. The first-order valence-electron chi connectivity index (χ1n) is 6.91. The van der Waals surface area contributed by atoms with Crippen LogP contribution in [0.5, 0.6) is 0 Å². The minimum absolute atomic E-state index is 0.811. The van der Waals surface area contributed by atoms with Crippen LogP contribution in [0.15, 0.2) is 0 Å². The van der Waals surface area contributed by atoms with Crippen LogP contribution in [-0.4, -0.2) is 42.4 Å². The first-order chi connectivity index (χ1) is 7.79. The van der Waals surface area contributed by atoms with Crippen molar-refractivity contribution in [3.05, 3.63) is 0 Å². The summed E-state index contributed by atoms with van der Waals surface area (Å²) in [5.41, 5.74) is 0. The molecule has 0 saturated carbocycles. The van der Waals surface area contributed by atoms with Crippen LogP contribution in [0.3, 0.4) is 0 Å². The Morgan fingerprint density at radius 3 is 1.69 bits per heavy atom. The van der Waals surface area contributed by atoms with Crippen molar-refractivity contribution in [1.29, 1.82) is 0 Å². The molecule has 0 unspecified atom stereocenters. The lowest BCUT2D eigenvalue weighted by Crippen LogP contribution is -2.36. The maximum atomic E-state index is 14.0. The van der Waals surface area contributed by atoms with Gasteiger partial charge in [-0.15, -0.1) is 0 Å². The third-order valence-electron chi connectivity index (χ3n) is 3.37. The van der Waals surface area contributed by atoms with E-state index in [9.17, 15) is 4.39 Å². The van der Waals surface area contributed by atoms with E-state index in [0.717, 1.165) is 39.0 Å². The quantitative estimate of drug-likeness (QED) is 0.466. The van der Waals surface area contributed by atoms with E-state index in [-0.39, 0.29) is 0 Å². The van der Waals surface area contributed by atoms with E-state index in [2.05, 4.69) is 13.8 Å². The highest BCUT2D eigenvalue weighted by atomic mass is 19.1. The van der Waals surface area contributed by atoms with Crippen molar-refractivity contribution in [3.63, 3.8) is 0 Å². The van der Waals surface area contributed by atoms with Crippen LogP contribution in [-0.2, 0) is 0 Å².